The van der Waals surface area contributed by atoms with Gasteiger partial charge < -0.3 is 4.74 Å². The summed E-state index contributed by atoms with van der Waals surface area (Å²) in [6, 6.07) is 20.1. The molecule has 0 fully saturated rings. The second-order valence-electron chi connectivity index (χ2n) is 4.68. The Morgan fingerprint density at radius 2 is 1.15 bits per heavy atom. The Morgan fingerprint density at radius 1 is 0.650 bits per heavy atom. The number of hydrogen-bond donors (Lipinski definition) is 0. The fourth-order valence-corrected chi connectivity index (χ4v) is 2.00. The predicted molar refractivity (Wildman–Crippen MR) is 80.9 cm³/mol. The molecule has 1 heterocycles. The fraction of sp³-hybridized carbons (Fsp3) is 0.0556. The number of aromatic nitrogens is 1. The SMILES string of the molecule is Cc1ccc(Oc2ccc(-c3ccncc3)cc2)cc1. The minimum atomic E-state index is 0.839. The zero-order chi connectivity index (χ0) is 13.8. The van der Waals surface area contributed by atoms with Gasteiger partial charge in [0.05, 0.1) is 0 Å². The monoisotopic (exact) mass is 261 g/mol. The molecule has 0 saturated carbocycles. The normalized spacial score (nSPS) is 10.2. The summed E-state index contributed by atoms with van der Waals surface area (Å²) in [5.41, 5.74) is 3.54. The maximum atomic E-state index is 5.81. The summed E-state index contributed by atoms with van der Waals surface area (Å²) in [6.45, 7) is 2.06. The third kappa shape index (κ3) is 2.86. The van der Waals surface area contributed by atoms with Crippen molar-refractivity contribution in [3.8, 4) is 22.6 Å². The first-order chi connectivity index (χ1) is 9.81. The van der Waals surface area contributed by atoms with Crippen LogP contribution in [0.15, 0.2) is 73.1 Å². The average Bonchev–Trinajstić information content (AvgIpc) is 2.51. The third-order valence-corrected chi connectivity index (χ3v) is 3.12. The van der Waals surface area contributed by atoms with Gasteiger partial charge in [0.25, 0.3) is 0 Å². The number of ether oxygens (including phenoxy) is 1. The molecule has 0 aliphatic carbocycles. The summed E-state index contributed by atoms with van der Waals surface area (Å²) in [6.07, 6.45) is 3.60. The van der Waals surface area contributed by atoms with Crippen LogP contribution in [0.4, 0.5) is 0 Å². The first kappa shape index (κ1) is 12.4. The van der Waals surface area contributed by atoms with Crippen LogP contribution in [0.2, 0.25) is 0 Å². The molecule has 20 heavy (non-hydrogen) atoms. The minimum absolute atomic E-state index is 0.839. The Hall–Kier alpha value is -2.61. The van der Waals surface area contributed by atoms with Gasteiger partial charge in [0.1, 0.15) is 11.5 Å². The van der Waals surface area contributed by atoms with Gasteiger partial charge in [0, 0.05) is 12.4 Å². The van der Waals surface area contributed by atoms with Crippen LogP contribution < -0.4 is 4.74 Å². The molecule has 0 atom stereocenters. The summed E-state index contributed by atoms with van der Waals surface area (Å²) in [7, 11) is 0. The lowest BCUT2D eigenvalue weighted by Gasteiger charge is -2.07. The Balaban J connectivity index is 1.78. The molecular formula is C18H15NO. The van der Waals surface area contributed by atoms with Crippen molar-refractivity contribution in [1.29, 1.82) is 0 Å². The Kier molecular flexibility index (Phi) is 3.46. The van der Waals surface area contributed by atoms with Crippen molar-refractivity contribution in [1.82, 2.24) is 4.98 Å². The van der Waals surface area contributed by atoms with Gasteiger partial charge in [0.2, 0.25) is 0 Å². The highest BCUT2D eigenvalue weighted by Crippen LogP contribution is 2.25. The van der Waals surface area contributed by atoms with E-state index in [0.29, 0.717) is 0 Å². The molecule has 3 aromatic rings. The number of rotatable bonds is 3. The standard InChI is InChI=1S/C18H15NO/c1-14-2-6-17(7-3-14)20-18-8-4-15(5-9-18)16-10-12-19-13-11-16/h2-13H,1H3. The second-order valence-corrected chi connectivity index (χ2v) is 4.68. The fourth-order valence-electron chi connectivity index (χ4n) is 2.00. The van der Waals surface area contributed by atoms with Gasteiger partial charge in [-0.25, -0.2) is 0 Å². The quantitative estimate of drug-likeness (QED) is 0.672. The van der Waals surface area contributed by atoms with Crippen molar-refractivity contribution >= 4 is 0 Å². The van der Waals surface area contributed by atoms with E-state index in [1.54, 1.807) is 12.4 Å². The van der Waals surface area contributed by atoms with E-state index in [9.17, 15) is 0 Å². The van der Waals surface area contributed by atoms with Crippen LogP contribution >= 0.6 is 0 Å². The van der Waals surface area contributed by atoms with E-state index in [1.165, 1.54) is 5.56 Å². The lowest BCUT2D eigenvalue weighted by molar-refractivity contribution is 0.482. The second kappa shape index (κ2) is 5.57. The van der Waals surface area contributed by atoms with Crippen molar-refractivity contribution < 1.29 is 4.74 Å². The number of aryl methyl sites for hydroxylation is 1. The molecular weight excluding hydrogens is 246 g/mol. The molecule has 1 aromatic heterocycles. The maximum Gasteiger partial charge on any atom is 0.127 e. The van der Waals surface area contributed by atoms with Gasteiger partial charge in [-0.2, -0.15) is 0 Å². The predicted octanol–water partition coefficient (Wildman–Crippen LogP) is 4.85. The number of benzene rings is 2. The van der Waals surface area contributed by atoms with Crippen LogP contribution in [0.25, 0.3) is 11.1 Å². The molecule has 0 amide bonds. The van der Waals surface area contributed by atoms with Crippen molar-refractivity contribution in [3.05, 3.63) is 78.6 Å². The Morgan fingerprint density at radius 3 is 1.75 bits per heavy atom. The molecule has 0 N–H and O–H groups in total. The highest BCUT2D eigenvalue weighted by molar-refractivity contribution is 5.63. The van der Waals surface area contributed by atoms with Gasteiger partial charge >= 0.3 is 0 Å². The molecule has 2 nitrogen and oxygen atoms in total. The zero-order valence-corrected chi connectivity index (χ0v) is 11.3. The summed E-state index contributed by atoms with van der Waals surface area (Å²) < 4.78 is 5.81. The number of pyridine rings is 1. The molecule has 3 rings (SSSR count). The van der Waals surface area contributed by atoms with Gasteiger partial charge in [-0.3, -0.25) is 4.98 Å². The maximum absolute atomic E-state index is 5.81. The average molecular weight is 261 g/mol. The first-order valence-corrected chi connectivity index (χ1v) is 6.56. The van der Waals surface area contributed by atoms with Crippen LogP contribution in [0.3, 0.4) is 0 Å². The highest BCUT2D eigenvalue weighted by atomic mass is 16.5. The minimum Gasteiger partial charge on any atom is -0.457 e. The molecule has 2 aromatic carbocycles. The van der Waals surface area contributed by atoms with E-state index >= 15 is 0 Å². The lowest BCUT2D eigenvalue weighted by atomic mass is 10.1. The van der Waals surface area contributed by atoms with Gasteiger partial charge in [0.15, 0.2) is 0 Å². The Bertz CT molecular complexity index is 673. The molecule has 98 valence electrons. The van der Waals surface area contributed by atoms with Crippen LogP contribution in [0.5, 0.6) is 11.5 Å². The van der Waals surface area contributed by atoms with Crippen LogP contribution in [0.1, 0.15) is 5.56 Å². The number of hydrogen-bond acceptors (Lipinski definition) is 2. The topological polar surface area (TPSA) is 22.1 Å². The molecule has 0 bridgehead atoms. The highest BCUT2D eigenvalue weighted by Gasteiger charge is 1.99. The van der Waals surface area contributed by atoms with E-state index in [0.717, 1.165) is 22.6 Å². The smallest absolute Gasteiger partial charge is 0.127 e. The molecule has 0 unspecified atom stereocenters. The number of nitrogens with zero attached hydrogens (tertiary/aromatic N) is 1. The molecule has 0 aliphatic rings. The lowest BCUT2D eigenvalue weighted by Crippen LogP contribution is -1.85. The van der Waals surface area contributed by atoms with Crippen LogP contribution in [-0.2, 0) is 0 Å². The Labute approximate surface area is 118 Å². The summed E-state index contributed by atoms with van der Waals surface area (Å²) in [5.74, 6) is 1.69. The van der Waals surface area contributed by atoms with Crippen molar-refractivity contribution in [2.24, 2.45) is 0 Å². The van der Waals surface area contributed by atoms with Gasteiger partial charge in [-0.1, -0.05) is 29.8 Å². The zero-order valence-electron chi connectivity index (χ0n) is 11.3. The van der Waals surface area contributed by atoms with E-state index in [1.807, 2.05) is 48.5 Å². The van der Waals surface area contributed by atoms with Crippen molar-refractivity contribution in [3.63, 3.8) is 0 Å². The van der Waals surface area contributed by atoms with E-state index < -0.39 is 0 Å². The van der Waals surface area contributed by atoms with Gasteiger partial charge in [-0.15, -0.1) is 0 Å². The molecule has 0 aliphatic heterocycles. The summed E-state index contributed by atoms with van der Waals surface area (Å²) in [4.78, 5) is 4.03. The molecule has 0 saturated heterocycles. The molecule has 0 radical (unpaired) electrons. The summed E-state index contributed by atoms with van der Waals surface area (Å²) in [5, 5.41) is 0. The van der Waals surface area contributed by atoms with E-state index in [4.69, 9.17) is 4.74 Å². The van der Waals surface area contributed by atoms with Crippen molar-refractivity contribution in [2.45, 2.75) is 6.92 Å². The van der Waals surface area contributed by atoms with E-state index in [-0.39, 0.29) is 0 Å². The summed E-state index contributed by atoms with van der Waals surface area (Å²) >= 11 is 0. The first-order valence-electron chi connectivity index (χ1n) is 6.56. The van der Waals surface area contributed by atoms with Gasteiger partial charge in [-0.05, 0) is 54.4 Å². The van der Waals surface area contributed by atoms with Crippen LogP contribution in [-0.4, -0.2) is 4.98 Å². The third-order valence-electron chi connectivity index (χ3n) is 3.12. The van der Waals surface area contributed by atoms with Crippen molar-refractivity contribution in [2.75, 3.05) is 0 Å². The molecule has 0 spiro atoms. The van der Waals surface area contributed by atoms with Crippen LogP contribution in [0, 0.1) is 6.92 Å². The largest absolute Gasteiger partial charge is 0.457 e. The van der Waals surface area contributed by atoms with E-state index in [2.05, 4.69) is 24.0 Å². The molecule has 2 heteroatoms.